The highest BCUT2D eigenvalue weighted by Gasteiger charge is 2.30. The van der Waals surface area contributed by atoms with Gasteiger partial charge in [-0.2, -0.15) is 0 Å². The minimum Gasteiger partial charge on any atom is -0.493 e. The van der Waals surface area contributed by atoms with Gasteiger partial charge in [0.1, 0.15) is 5.75 Å². The van der Waals surface area contributed by atoms with Crippen LogP contribution in [0, 0.1) is 5.92 Å². The summed E-state index contributed by atoms with van der Waals surface area (Å²) in [5.74, 6) is 0.382. The van der Waals surface area contributed by atoms with Crippen LogP contribution in [0.3, 0.4) is 0 Å². The second kappa shape index (κ2) is 11.2. The second-order valence-electron chi connectivity index (χ2n) is 7.74. The number of carbonyl (C=O) groups excluding carboxylic acids is 2. The predicted molar refractivity (Wildman–Crippen MR) is 109 cm³/mol. The molecule has 0 aromatic heterocycles. The van der Waals surface area contributed by atoms with Crippen molar-refractivity contribution in [2.24, 2.45) is 5.92 Å². The number of nitrogens with zero attached hydrogens (tertiary/aromatic N) is 1. The number of ether oxygens (including phenoxy) is 3. The Morgan fingerprint density at radius 3 is 2.66 bits per heavy atom. The van der Waals surface area contributed by atoms with Gasteiger partial charge in [-0.05, 0) is 37.8 Å². The molecule has 1 saturated carbocycles. The van der Waals surface area contributed by atoms with Gasteiger partial charge in [-0.25, -0.2) is 0 Å². The van der Waals surface area contributed by atoms with Crippen LogP contribution in [-0.4, -0.2) is 68.9 Å². The Balaban J connectivity index is 1.44. The summed E-state index contributed by atoms with van der Waals surface area (Å²) in [7, 11) is 1.74. The fourth-order valence-electron chi connectivity index (χ4n) is 3.89. The van der Waals surface area contributed by atoms with Crippen molar-refractivity contribution in [2.45, 2.75) is 44.2 Å². The summed E-state index contributed by atoms with van der Waals surface area (Å²) in [5, 5.41) is 3.15. The van der Waals surface area contributed by atoms with Crippen molar-refractivity contribution in [3.8, 4) is 5.75 Å². The lowest BCUT2D eigenvalue weighted by atomic mass is 9.92. The number of amides is 2. The van der Waals surface area contributed by atoms with Gasteiger partial charge >= 0.3 is 0 Å². The van der Waals surface area contributed by atoms with Crippen LogP contribution in [0.2, 0.25) is 0 Å². The van der Waals surface area contributed by atoms with Gasteiger partial charge in [-0.15, -0.1) is 0 Å². The van der Waals surface area contributed by atoms with E-state index < -0.39 is 0 Å². The number of benzene rings is 1. The van der Waals surface area contributed by atoms with Crippen molar-refractivity contribution >= 4 is 11.8 Å². The Kier molecular flexibility index (Phi) is 8.31. The normalized spacial score (nSPS) is 25.1. The molecule has 1 unspecified atom stereocenters. The number of para-hydroxylation sites is 1. The monoisotopic (exact) mass is 404 g/mol. The van der Waals surface area contributed by atoms with E-state index >= 15 is 0 Å². The van der Waals surface area contributed by atoms with E-state index in [2.05, 4.69) is 5.32 Å². The van der Waals surface area contributed by atoms with E-state index in [0.717, 1.165) is 31.4 Å². The topological polar surface area (TPSA) is 77.1 Å². The highest BCUT2D eigenvalue weighted by Crippen LogP contribution is 2.21. The number of rotatable bonds is 7. The Hall–Kier alpha value is -2.12. The Morgan fingerprint density at radius 1 is 1.17 bits per heavy atom. The summed E-state index contributed by atoms with van der Waals surface area (Å²) in [6.45, 7) is 2.02. The summed E-state index contributed by atoms with van der Waals surface area (Å²) in [6.07, 6.45) is 4.37. The third-order valence-corrected chi connectivity index (χ3v) is 5.67. The standard InChI is InChI=1S/C22H32N2O5/c1-27-19-9-7-18(8-10-19)23-22(26)17-15-24(12-14-28-16-17)21(25)11-13-29-20-5-3-2-4-6-20/h2-6,17-19H,7-16H2,1H3,(H,23,26). The molecule has 1 atom stereocenters. The molecule has 7 heteroatoms. The van der Waals surface area contributed by atoms with Gasteiger partial charge in [0.15, 0.2) is 0 Å². The van der Waals surface area contributed by atoms with Crippen LogP contribution in [0.25, 0.3) is 0 Å². The zero-order valence-electron chi connectivity index (χ0n) is 17.2. The summed E-state index contributed by atoms with van der Waals surface area (Å²) in [5.41, 5.74) is 0. The van der Waals surface area contributed by atoms with Crippen LogP contribution in [0.4, 0.5) is 0 Å². The summed E-state index contributed by atoms with van der Waals surface area (Å²) < 4.78 is 16.6. The highest BCUT2D eigenvalue weighted by atomic mass is 16.5. The molecule has 1 aliphatic carbocycles. The first-order valence-corrected chi connectivity index (χ1v) is 10.5. The van der Waals surface area contributed by atoms with E-state index in [-0.39, 0.29) is 30.2 Å². The quantitative estimate of drug-likeness (QED) is 0.752. The van der Waals surface area contributed by atoms with Crippen molar-refractivity contribution in [3.63, 3.8) is 0 Å². The lowest BCUT2D eigenvalue weighted by Crippen LogP contribution is -2.46. The smallest absolute Gasteiger partial charge is 0.227 e. The average Bonchev–Trinajstić information content (AvgIpc) is 3.01. The summed E-state index contributed by atoms with van der Waals surface area (Å²) in [4.78, 5) is 27.1. The number of methoxy groups -OCH3 is 1. The largest absolute Gasteiger partial charge is 0.493 e. The molecule has 2 aliphatic rings. The number of hydrogen-bond donors (Lipinski definition) is 1. The third kappa shape index (κ3) is 6.72. The molecule has 0 radical (unpaired) electrons. The van der Waals surface area contributed by atoms with Crippen LogP contribution >= 0.6 is 0 Å². The minimum absolute atomic E-state index is 0.00941. The molecule has 160 valence electrons. The van der Waals surface area contributed by atoms with Gasteiger partial charge in [0, 0.05) is 26.2 Å². The molecule has 7 nitrogen and oxygen atoms in total. The van der Waals surface area contributed by atoms with Gasteiger partial charge in [-0.3, -0.25) is 9.59 Å². The van der Waals surface area contributed by atoms with Crippen LogP contribution < -0.4 is 10.1 Å². The Bertz CT molecular complexity index is 646. The third-order valence-electron chi connectivity index (χ3n) is 5.67. The fourth-order valence-corrected chi connectivity index (χ4v) is 3.89. The lowest BCUT2D eigenvalue weighted by molar-refractivity contribution is -0.133. The molecule has 2 fully saturated rings. The van der Waals surface area contributed by atoms with Crippen LogP contribution in [0.5, 0.6) is 5.75 Å². The van der Waals surface area contributed by atoms with Crippen molar-refractivity contribution in [3.05, 3.63) is 30.3 Å². The molecule has 0 bridgehead atoms. The van der Waals surface area contributed by atoms with Crippen molar-refractivity contribution in [1.82, 2.24) is 10.2 Å². The van der Waals surface area contributed by atoms with Crippen molar-refractivity contribution in [1.29, 1.82) is 0 Å². The summed E-state index contributed by atoms with van der Waals surface area (Å²) in [6, 6.07) is 9.63. The highest BCUT2D eigenvalue weighted by molar-refractivity contribution is 5.81. The lowest BCUT2D eigenvalue weighted by Gasteiger charge is -2.30. The minimum atomic E-state index is -0.336. The van der Waals surface area contributed by atoms with Crippen molar-refractivity contribution < 1.29 is 23.8 Å². The molecule has 1 aromatic carbocycles. The van der Waals surface area contributed by atoms with Gasteiger partial charge in [-0.1, -0.05) is 18.2 Å². The first kappa shape index (κ1) is 21.6. The van der Waals surface area contributed by atoms with E-state index in [4.69, 9.17) is 14.2 Å². The second-order valence-corrected chi connectivity index (χ2v) is 7.74. The van der Waals surface area contributed by atoms with E-state index in [1.165, 1.54) is 0 Å². The molecular formula is C22H32N2O5. The first-order valence-electron chi connectivity index (χ1n) is 10.5. The van der Waals surface area contributed by atoms with Gasteiger partial charge in [0.25, 0.3) is 0 Å². The first-order chi connectivity index (χ1) is 14.2. The van der Waals surface area contributed by atoms with Crippen LogP contribution in [-0.2, 0) is 19.1 Å². The molecule has 29 heavy (non-hydrogen) atoms. The molecule has 1 aliphatic heterocycles. The van der Waals surface area contributed by atoms with E-state index in [1.807, 2.05) is 30.3 Å². The molecule has 1 saturated heterocycles. The van der Waals surface area contributed by atoms with Crippen molar-refractivity contribution in [2.75, 3.05) is 40.0 Å². The fraction of sp³-hybridized carbons (Fsp3) is 0.636. The molecule has 1 heterocycles. The van der Waals surface area contributed by atoms with E-state index in [9.17, 15) is 9.59 Å². The van der Waals surface area contributed by atoms with Gasteiger partial charge < -0.3 is 24.4 Å². The molecule has 3 rings (SSSR count). The van der Waals surface area contributed by atoms with Gasteiger partial charge in [0.2, 0.25) is 11.8 Å². The SMILES string of the molecule is COC1CCC(NC(=O)C2COCCN(C(=O)CCOc3ccccc3)C2)CC1. The molecular weight excluding hydrogens is 372 g/mol. The van der Waals surface area contributed by atoms with Crippen LogP contribution in [0.1, 0.15) is 32.1 Å². The Morgan fingerprint density at radius 2 is 1.93 bits per heavy atom. The van der Waals surface area contributed by atoms with Gasteiger partial charge in [0.05, 0.1) is 38.3 Å². The maximum Gasteiger partial charge on any atom is 0.227 e. The van der Waals surface area contributed by atoms with Crippen LogP contribution in [0.15, 0.2) is 30.3 Å². The Labute approximate surface area is 172 Å². The molecule has 2 amide bonds. The van der Waals surface area contributed by atoms with E-state index in [0.29, 0.717) is 39.0 Å². The van der Waals surface area contributed by atoms with E-state index in [1.54, 1.807) is 12.0 Å². The maximum atomic E-state index is 12.8. The molecule has 1 aromatic rings. The molecule has 0 spiro atoms. The maximum absolute atomic E-state index is 12.8. The summed E-state index contributed by atoms with van der Waals surface area (Å²) >= 11 is 0. The number of carbonyl (C=O) groups is 2. The molecule has 1 N–H and O–H groups in total. The number of hydrogen-bond acceptors (Lipinski definition) is 5. The zero-order valence-corrected chi connectivity index (χ0v) is 17.2. The predicted octanol–water partition coefficient (Wildman–Crippen LogP) is 2.00. The number of nitrogens with one attached hydrogen (secondary N) is 1. The average molecular weight is 405 g/mol. The zero-order chi connectivity index (χ0) is 20.5.